The van der Waals surface area contributed by atoms with Crippen LogP contribution >= 0.6 is 0 Å². The van der Waals surface area contributed by atoms with E-state index in [1.165, 1.54) is 14.0 Å². The van der Waals surface area contributed by atoms with Crippen LogP contribution in [-0.4, -0.2) is 49.3 Å². The van der Waals surface area contributed by atoms with Crippen molar-refractivity contribution in [3.63, 3.8) is 0 Å². The van der Waals surface area contributed by atoms with Crippen LogP contribution in [0.3, 0.4) is 0 Å². The van der Waals surface area contributed by atoms with Crippen LogP contribution in [0.4, 0.5) is 0 Å². The molecule has 2 aromatic carbocycles. The molecular formula is C46H58O8. The third kappa shape index (κ3) is 6.47. The SMILES string of the molecule is COC(=O)CC[C@@H](C)[C@H]1CC[C@H]2[C@@H]3[C@H](OC(=O)c4ccc5ccccc5c4)C[C@@H]4C[C@H](OC(=O)[C@H]5C[C@H]6C=C[C@@H]5C6)CC[C@]4(C)[C@H]3C[C@H](OC(C)=O)[C@]12C. The first kappa shape index (κ1) is 37.3. The monoisotopic (exact) mass is 738 g/mol. The van der Waals surface area contributed by atoms with Gasteiger partial charge in [-0.1, -0.05) is 63.3 Å². The van der Waals surface area contributed by atoms with Crippen LogP contribution in [0, 0.1) is 64.1 Å². The van der Waals surface area contributed by atoms with Gasteiger partial charge in [0.25, 0.3) is 0 Å². The maximum atomic E-state index is 14.2. The van der Waals surface area contributed by atoms with Crippen molar-refractivity contribution < 1.29 is 38.1 Å². The van der Waals surface area contributed by atoms with Gasteiger partial charge in [0.15, 0.2) is 0 Å². The molecule has 8 rings (SSSR count). The summed E-state index contributed by atoms with van der Waals surface area (Å²) < 4.78 is 24.5. The third-order valence-electron chi connectivity index (χ3n) is 15.9. The molecule has 6 aliphatic rings. The Labute approximate surface area is 320 Å². The molecule has 0 aliphatic heterocycles. The fourth-order valence-electron chi connectivity index (χ4n) is 13.1. The molecule has 0 aromatic heterocycles. The first-order valence-electron chi connectivity index (χ1n) is 20.7. The van der Waals surface area contributed by atoms with E-state index in [1.54, 1.807) is 0 Å². The molecule has 5 saturated carbocycles. The summed E-state index contributed by atoms with van der Waals surface area (Å²) >= 11 is 0. The van der Waals surface area contributed by atoms with Crippen molar-refractivity contribution in [3.05, 3.63) is 60.2 Å². The molecule has 0 amide bonds. The largest absolute Gasteiger partial charge is 0.469 e. The lowest BCUT2D eigenvalue weighted by molar-refractivity contribution is -0.219. The molecule has 0 spiro atoms. The Morgan fingerprint density at radius 3 is 2.37 bits per heavy atom. The van der Waals surface area contributed by atoms with Crippen molar-refractivity contribution >= 4 is 34.6 Å². The van der Waals surface area contributed by atoms with Gasteiger partial charge < -0.3 is 18.9 Å². The highest BCUT2D eigenvalue weighted by atomic mass is 16.6. The van der Waals surface area contributed by atoms with Gasteiger partial charge in [-0.05, 0) is 134 Å². The number of rotatable bonds is 9. The van der Waals surface area contributed by atoms with E-state index in [0.29, 0.717) is 36.7 Å². The molecule has 6 aliphatic carbocycles. The molecule has 5 fully saturated rings. The first-order valence-corrected chi connectivity index (χ1v) is 20.7. The summed E-state index contributed by atoms with van der Waals surface area (Å²) in [6, 6.07) is 13.8. The van der Waals surface area contributed by atoms with Crippen molar-refractivity contribution in [2.75, 3.05) is 7.11 Å². The molecule has 0 unspecified atom stereocenters. The summed E-state index contributed by atoms with van der Waals surface area (Å²) in [7, 11) is 1.43. The fourth-order valence-corrected chi connectivity index (χ4v) is 13.1. The van der Waals surface area contributed by atoms with Crippen LogP contribution in [0.25, 0.3) is 10.8 Å². The Morgan fingerprint density at radius 2 is 1.65 bits per heavy atom. The Morgan fingerprint density at radius 1 is 0.852 bits per heavy atom. The van der Waals surface area contributed by atoms with Crippen LogP contribution in [0.1, 0.15) is 109 Å². The van der Waals surface area contributed by atoms with E-state index in [0.717, 1.165) is 62.1 Å². The minimum absolute atomic E-state index is 0.0365. The number of methoxy groups -OCH3 is 1. The molecule has 290 valence electrons. The Hall–Kier alpha value is -3.68. The van der Waals surface area contributed by atoms with E-state index >= 15 is 0 Å². The minimum atomic E-state index is -0.346. The van der Waals surface area contributed by atoms with E-state index in [4.69, 9.17) is 18.9 Å². The van der Waals surface area contributed by atoms with Gasteiger partial charge in [-0.15, -0.1) is 0 Å². The second kappa shape index (κ2) is 14.4. The normalized spacial score (nSPS) is 39.5. The molecule has 54 heavy (non-hydrogen) atoms. The van der Waals surface area contributed by atoms with Crippen LogP contribution in [0.15, 0.2) is 54.6 Å². The van der Waals surface area contributed by atoms with Gasteiger partial charge in [-0.2, -0.15) is 0 Å². The Kier molecular flexibility index (Phi) is 9.96. The standard InChI is InChI=1S/C46H58O8/c1-26(10-17-41(48)51-5)36-15-16-37-42-38(25-40(46(36,37)4)52-27(2)47)45(3)19-18-34(53-44(50)35-21-28-11-12-31(35)20-28)23-33(45)24-39(42)54-43(49)32-14-13-29-8-6-7-9-30(29)22-32/h6-9,11-14,22,26,28,31,33-40,42H,10,15-21,23-25H2,1-5H3/t26-,28+,31-,33+,34-,35+,36-,37+,38+,39-,40+,42+,45+,46-/m1/s1. The minimum Gasteiger partial charge on any atom is -0.469 e. The molecule has 8 nitrogen and oxygen atoms in total. The second-order valence-corrected chi connectivity index (χ2v) is 18.4. The molecule has 0 saturated heterocycles. The zero-order chi connectivity index (χ0) is 37.9. The van der Waals surface area contributed by atoms with Crippen molar-refractivity contribution in [2.24, 2.45) is 64.1 Å². The number of allylic oxidation sites excluding steroid dienone is 2. The molecule has 0 radical (unpaired) electrons. The lowest BCUT2D eigenvalue weighted by atomic mass is 9.43. The number of ether oxygens (including phenoxy) is 4. The summed E-state index contributed by atoms with van der Waals surface area (Å²) in [5.41, 5.74) is 0.107. The smallest absolute Gasteiger partial charge is 0.338 e. The number of carbonyl (C=O) groups is 4. The van der Waals surface area contributed by atoms with Gasteiger partial charge in [0.2, 0.25) is 0 Å². The molecular weight excluding hydrogens is 680 g/mol. The summed E-state index contributed by atoms with van der Waals surface area (Å²) in [5, 5.41) is 2.07. The van der Waals surface area contributed by atoms with E-state index in [2.05, 4.69) is 32.9 Å². The Balaban J connectivity index is 1.11. The Bertz CT molecular complexity index is 1820. The van der Waals surface area contributed by atoms with E-state index in [-0.39, 0.29) is 94.4 Å². The summed E-state index contributed by atoms with van der Waals surface area (Å²) in [4.78, 5) is 52.8. The first-order chi connectivity index (χ1) is 25.9. The lowest BCUT2D eigenvalue weighted by Gasteiger charge is -2.64. The van der Waals surface area contributed by atoms with Crippen molar-refractivity contribution in [1.29, 1.82) is 0 Å². The predicted octanol–water partition coefficient (Wildman–Crippen LogP) is 8.89. The number of benzene rings is 2. The topological polar surface area (TPSA) is 105 Å². The maximum absolute atomic E-state index is 14.2. The van der Waals surface area contributed by atoms with Crippen LogP contribution in [0.5, 0.6) is 0 Å². The fraction of sp³-hybridized carbons (Fsp3) is 0.652. The van der Waals surface area contributed by atoms with E-state index in [1.807, 2.05) is 42.5 Å². The van der Waals surface area contributed by atoms with Crippen molar-refractivity contribution in [2.45, 2.75) is 117 Å². The zero-order valence-corrected chi connectivity index (χ0v) is 32.7. The highest BCUT2D eigenvalue weighted by Crippen LogP contribution is 2.69. The van der Waals surface area contributed by atoms with Crippen LogP contribution < -0.4 is 0 Å². The van der Waals surface area contributed by atoms with Crippen molar-refractivity contribution in [3.8, 4) is 0 Å². The van der Waals surface area contributed by atoms with Crippen molar-refractivity contribution in [1.82, 2.24) is 0 Å². The third-order valence-corrected chi connectivity index (χ3v) is 15.9. The van der Waals surface area contributed by atoms with E-state index < -0.39 is 0 Å². The molecule has 2 bridgehead atoms. The van der Waals surface area contributed by atoms with Gasteiger partial charge in [0, 0.05) is 24.7 Å². The zero-order valence-electron chi connectivity index (χ0n) is 32.7. The predicted molar refractivity (Wildman–Crippen MR) is 204 cm³/mol. The number of esters is 4. The van der Waals surface area contributed by atoms with Gasteiger partial charge in [0.1, 0.15) is 18.3 Å². The quantitative estimate of drug-likeness (QED) is 0.143. The number of carbonyl (C=O) groups excluding carboxylic acids is 4. The van der Waals surface area contributed by atoms with Gasteiger partial charge in [-0.25, -0.2) is 4.79 Å². The second-order valence-electron chi connectivity index (χ2n) is 18.4. The molecule has 2 aromatic rings. The number of hydrogen-bond acceptors (Lipinski definition) is 8. The molecule has 0 heterocycles. The molecule has 0 N–H and O–H groups in total. The summed E-state index contributed by atoms with van der Waals surface area (Å²) in [6.45, 7) is 8.46. The van der Waals surface area contributed by atoms with E-state index in [9.17, 15) is 19.2 Å². The molecule has 8 heteroatoms. The van der Waals surface area contributed by atoms with Gasteiger partial charge in [0.05, 0.1) is 18.6 Å². The number of hydrogen-bond donors (Lipinski definition) is 0. The van der Waals surface area contributed by atoms with Gasteiger partial charge in [-0.3, -0.25) is 14.4 Å². The van der Waals surface area contributed by atoms with Gasteiger partial charge >= 0.3 is 23.9 Å². The molecule has 14 atom stereocenters. The highest BCUT2D eigenvalue weighted by Gasteiger charge is 2.68. The maximum Gasteiger partial charge on any atom is 0.338 e. The van der Waals surface area contributed by atoms with Crippen LogP contribution in [-0.2, 0) is 33.3 Å². The van der Waals surface area contributed by atoms with Crippen LogP contribution in [0.2, 0.25) is 0 Å². The summed E-state index contributed by atoms with van der Waals surface area (Å²) in [5.74, 6) is 0.985. The number of fused-ring (bicyclic) bond motifs is 8. The summed E-state index contributed by atoms with van der Waals surface area (Å²) in [6.07, 6.45) is 12.5. The highest BCUT2D eigenvalue weighted by molar-refractivity contribution is 5.95. The average molecular weight is 739 g/mol. The average Bonchev–Trinajstić information content (AvgIpc) is 3.89. The lowest BCUT2D eigenvalue weighted by Crippen LogP contribution is -2.63.